The van der Waals surface area contributed by atoms with E-state index in [-0.39, 0.29) is 5.78 Å². The van der Waals surface area contributed by atoms with Gasteiger partial charge in [-0.15, -0.1) is 0 Å². The number of ketones is 1. The molecule has 4 heteroatoms. The molecule has 82 valence electrons. The fourth-order valence-electron chi connectivity index (χ4n) is 1.33. The highest BCUT2D eigenvalue weighted by Gasteiger charge is 2.14. The second-order valence-electron chi connectivity index (χ2n) is 3.02. The molecule has 1 aromatic carbocycles. The van der Waals surface area contributed by atoms with Crippen molar-refractivity contribution in [3.63, 3.8) is 0 Å². The third kappa shape index (κ3) is 2.96. The summed E-state index contributed by atoms with van der Waals surface area (Å²) in [4.78, 5) is 11.8. The third-order valence-electron chi connectivity index (χ3n) is 1.96. The number of anilines is 1. The molecular formula is C11H14BrNO2. The summed E-state index contributed by atoms with van der Waals surface area (Å²) in [6.45, 7) is 2.40. The normalized spacial score (nSPS) is 10.0. The predicted octanol–water partition coefficient (Wildman–Crippen LogP) is 2.64. The van der Waals surface area contributed by atoms with E-state index in [1.54, 1.807) is 18.2 Å². The van der Waals surface area contributed by atoms with Crippen molar-refractivity contribution in [2.45, 2.75) is 13.3 Å². The van der Waals surface area contributed by atoms with Gasteiger partial charge in [0.1, 0.15) is 5.75 Å². The van der Waals surface area contributed by atoms with Crippen LogP contribution in [0.2, 0.25) is 0 Å². The Morgan fingerprint density at radius 1 is 1.53 bits per heavy atom. The van der Waals surface area contributed by atoms with Crippen LogP contribution in [0.15, 0.2) is 18.2 Å². The lowest BCUT2D eigenvalue weighted by atomic mass is 10.1. The van der Waals surface area contributed by atoms with E-state index in [4.69, 9.17) is 10.5 Å². The van der Waals surface area contributed by atoms with Gasteiger partial charge in [-0.25, -0.2) is 0 Å². The largest absolute Gasteiger partial charge is 0.493 e. The standard InChI is InChI=1S/C11H14BrNO2/c1-2-15-10-5-3-4-8(13)11(10)9(14)6-7-12/h3-5H,2,6-7,13H2,1H3. The van der Waals surface area contributed by atoms with Crippen LogP contribution in [0.1, 0.15) is 23.7 Å². The van der Waals surface area contributed by atoms with Crippen LogP contribution in [0.25, 0.3) is 0 Å². The van der Waals surface area contributed by atoms with Crippen LogP contribution >= 0.6 is 15.9 Å². The van der Waals surface area contributed by atoms with Crippen molar-refractivity contribution in [1.82, 2.24) is 0 Å². The average Bonchev–Trinajstić information content (AvgIpc) is 2.18. The topological polar surface area (TPSA) is 52.3 Å². The molecule has 0 saturated heterocycles. The highest BCUT2D eigenvalue weighted by molar-refractivity contribution is 9.09. The van der Waals surface area contributed by atoms with Gasteiger partial charge in [0.15, 0.2) is 5.78 Å². The summed E-state index contributed by atoms with van der Waals surface area (Å²) < 4.78 is 5.37. The Labute approximate surface area is 97.7 Å². The number of benzene rings is 1. The first kappa shape index (κ1) is 12.0. The van der Waals surface area contributed by atoms with E-state index >= 15 is 0 Å². The Morgan fingerprint density at radius 3 is 2.87 bits per heavy atom. The summed E-state index contributed by atoms with van der Waals surface area (Å²) in [6.07, 6.45) is 0.425. The zero-order chi connectivity index (χ0) is 11.3. The van der Waals surface area contributed by atoms with E-state index in [0.717, 1.165) is 0 Å². The van der Waals surface area contributed by atoms with Gasteiger partial charge in [0, 0.05) is 17.4 Å². The summed E-state index contributed by atoms with van der Waals surface area (Å²) in [5.41, 5.74) is 6.74. The van der Waals surface area contributed by atoms with E-state index in [2.05, 4.69) is 15.9 Å². The monoisotopic (exact) mass is 271 g/mol. The van der Waals surface area contributed by atoms with Crippen LogP contribution in [0, 0.1) is 0 Å². The van der Waals surface area contributed by atoms with E-state index in [0.29, 0.717) is 35.4 Å². The molecule has 0 amide bonds. The number of hydrogen-bond acceptors (Lipinski definition) is 3. The smallest absolute Gasteiger partial charge is 0.169 e. The Hall–Kier alpha value is -1.03. The van der Waals surface area contributed by atoms with Gasteiger partial charge in [0.2, 0.25) is 0 Å². The second-order valence-corrected chi connectivity index (χ2v) is 3.81. The molecule has 0 heterocycles. The van der Waals surface area contributed by atoms with Gasteiger partial charge in [-0.05, 0) is 19.1 Å². The molecule has 0 saturated carbocycles. The second kappa shape index (κ2) is 5.75. The molecule has 0 aliphatic carbocycles. The number of nitrogens with two attached hydrogens (primary N) is 1. The number of alkyl halides is 1. The maximum absolute atomic E-state index is 11.8. The highest BCUT2D eigenvalue weighted by atomic mass is 79.9. The van der Waals surface area contributed by atoms with E-state index < -0.39 is 0 Å². The zero-order valence-electron chi connectivity index (χ0n) is 8.63. The molecule has 0 atom stereocenters. The third-order valence-corrected chi connectivity index (χ3v) is 2.36. The SMILES string of the molecule is CCOc1cccc(N)c1C(=O)CCBr. The van der Waals surface area contributed by atoms with Crippen molar-refractivity contribution in [1.29, 1.82) is 0 Å². The highest BCUT2D eigenvalue weighted by Crippen LogP contribution is 2.26. The van der Waals surface area contributed by atoms with Crippen LogP contribution in [-0.4, -0.2) is 17.7 Å². The first-order valence-corrected chi connectivity index (χ1v) is 5.93. The number of nitrogen functional groups attached to an aromatic ring is 1. The van der Waals surface area contributed by atoms with Crippen LogP contribution in [-0.2, 0) is 0 Å². The van der Waals surface area contributed by atoms with Gasteiger partial charge < -0.3 is 10.5 Å². The Kier molecular flexibility index (Phi) is 4.62. The molecule has 3 nitrogen and oxygen atoms in total. The molecule has 1 aromatic rings. The van der Waals surface area contributed by atoms with E-state index in [1.807, 2.05) is 6.92 Å². The minimum Gasteiger partial charge on any atom is -0.493 e. The average molecular weight is 272 g/mol. The lowest BCUT2D eigenvalue weighted by Crippen LogP contribution is -2.07. The lowest BCUT2D eigenvalue weighted by molar-refractivity contribution is 0.0987. The number of carbonyl (C=O) groups excluding carboxylic acids is 1. The molecule has 0 aromatic heterocycles. The van der Waals surface area contributed by atoms with Crippen molar-refractivity contribution in [2.24, 2.45) is 0 Å². The minimum atomic E-state index is 0.00780. The predicted molar refractivity (Wildman–Crippen MR) is 64.8 cm³/mol. The van der Waals surface area contributed by atoms with Gasteiger partial charge in [0.05, 0.1) is 12.2 Å². The maximum Gasteiger partial charge on any atom is 0.169 e. The van der Waals surface area contributed by atoms with E-state index in [9.17, 15) is 4.79 Å². The molecule has 2 N–H and O–H groups in total. The van der Waals surface area contributed by atoms with Crippen molar-refractivity contribution >= 4 is 27.4 Å². The fraction of sp³-hybridized carbons (Fsp3) is 0.364. The number of Topliss-reactive ketones (excluding diaryl/α,β-unsaturated/α-hetero) is 1. The maximum atomic E-state index is 11.8. The number of carbonyl (C=O) groups is 1. The van der Waals surface area contributed by atoms with Crippen molar-refractivity contribution in [3.05, 3.63) is 23.8 Å². The number of hydrogen-bond donors (Lipinski definition) is 1. The van der Waals surface area contributed by atoms with Crippen molar-refractivity contribution in [2.75, 3.05) is 17.7 Å². The Balaban J connectivity index is 3.06. The van der Waals surface area contributed by atoms with Crippen LogP contribution in [0.3, 0.4) is 0 Å². The zero-order valence-corrected chi connectivity index (χ0v) is 10.2. The fourth-order valence-corrected chi connectivity index (χ4v) is 1.69. The van der Waals surface area contributed by atoms with Gasteiger partial charge in [-0.1, -0.05) is 22.0 Å². The minimum absolute atomic E-state index is 0.00780. The Bertz CT molecular complexity index is 352. The molecule has 0 aliphatic heterocycles. The first-order chi connectivity index (χ1) is 7.20. The molecule has 0 unspecified atom stereocenters. The molecule has 0 spiro atoms. The molecule has 0 aliphatic rings. The van der Waals surface area contributed by atoms with Gasteiger partial charge >= 0.3 is 0 Å². The van der Waals surface area contributed by atoms with Crippen LogP contribution in [0.4, 0.5) is 5.69 Å². The van der Waals surface area contributed by atoms with Crippen molar-refractivity contribution < 1.29 is 9.53 Å². The number of rotatable bonds is 5. The van der Waals surface area contributed by atoms with E-state index in [1.165, 1.54) is 0 Å². The molecular weight excluding hydrogens is 258 g/mol. The number of ether oxygens (including phenoxy) is 1. The van der Waals surface area contributed by atoms with Crippen molar-refractivity contribution in [3.8, 4) is 5.75 Å². The Morgan fingerprint density at radius 2 is 2.27 bits per heavy atom. The summed E-state index contributed by atoms with van der Waals surface area (Å²) in [6, 6.07) is 5.26. The van der Waals surface area contributed by atoms with Crippen LogP contribution < -0.4 is 10.5 Å². The molecule has 0 radical (unpaired) electrons. The molecule has 0 fully saturated rings. The summed E-state index contributed by atoms with van der Waals surface area (Å²) in [5, 5.41) is 0.631. The van der Waals surface area contributed by atoms with Crippen LogP contribution in [0.5, 0.6) is 5.75 Å². The summed E-state index contributed by atoms with van der Waals surface area (Å²) in [5.74, 6) is 0.580. The molecule has 15 heavy (non-hydrogen) atoms. The summed E-state index contributed by atoms with van der Waals surface area (Å²) >= 11 is 3.23. The summed E-state index contributed by atoms with van der Waals surface area (Å²) in [7, 11) is 0. The van der Waals surface area contributed by atoms with Gasteiger partial charge in [-0.2, -0.15) is 0 Å². The quantitative estimate of drug-likeness (QED) is 0.509. The van der Waals surface area contributed by atoms with Gasteiger partial charge in [-0.3, -0.25) is 4.79 Å². The van der Waals surface area contributed by atoms with Gasteiger partial charge in [0.25, 0.3) is 0 Å². The molecule has 0 bridgehead atoms. The lowest BCUT2D eigenvalue weighted by Gasteiger charge is -2.10. The number of halogens is 1. The first-order valence-electron chi connectivity index (χ1n) is 4.81. The molecule has 1 rings (SSSR count).